The van der Waals surface area contributed by atoms with Gasteiger partial charge in [-0.15, -0.1) is 0 Å². The maximum Gasteiger partial charge on any atom is 0.411 e. The number of rotatable bonds is 8. The molecule has 17 heavy (non-hydrogen) atoms. The number of hydrogen-bond acceptors (Lipinski definition) is 3. The smallest absolute Gasteiger partial charge is 0.377 e. The minimum atomic E-state index is -4.23. The van der Waals surface area contributed by atoms with Crippen LogP contribution in [-0.2, 0) is 9.47 Å². The average molecular weight is 255 g/mol. The maximum atomic E-state index is 11.7. The van der Waals surface area contributed by atoms with Crippen molar-refractivity contribution < 1.29 is 22.6 Å². The van der Waals surface area contributed by atoms with Crippen molar-refractivity contribution in [2.45, 2.75) is 38.0 Å². The topological polar surface area (TPSA) is 30.5 Å². The van der Waals surface area contributed by atoms with Crippen LogP contribution in [0, 0.1) is 0 Å². The Kier molecular flexibility index (Phi) is 6.84. The Labute approximate surface area is 99.7 Å². The summed E-state index contributed by atoms with van der Waals surface area (Å²) < 4.78 is 45.1. The molecular formula is C11H20F3NO2. The second kappa shape index (κ2) is 7.89. The Hall–Kier alpha value is -0.330. The Morgan fingerprint density at radius 2 is 1.71 bits per heavy atom. The number of alkyl halides is 3. The third-order valence-electron chi connectivity index (χ3n) is 2.62. The zero-order chi connectivity index (χ0) is 12.6. The largest absolute Gasteiger partial charge is 0.411 e. The maximum absolute atomic E-state index is 11.7. The van der Waals surface area contributed by atoms with Crippen molar-refractivity contribution >= 4 is 0 Å². The van der Waals surface area contributed by atoms with Gasteiger partial charge in [0.1, 0.15) is 6.61 Å². The van der Waals surface area contributed by atoms with Gasteiger partial charge < -0.3 is 14.8 Å². The highest BCUT2D eigenvalue weighted by Crippen LogP contribution is 2.20. The lowest BCUT2D eigenvalue weighted by molar-refractivity contribution is -0.173. The highest BCUT2D eigenvalue weighted by molar-refractivity contribution is 4.66. The van der Waals surface area contributed by atoms with Gasteiger partial charge in [0.2, 0.25) is 0 Å². The van der Waals surface area contributed by atoms with Crippen molar-refractivity contribution in [2.75, 3.05) is 32.9 Å². The third kappa shape index (κ3) is 8.40. The van der Waals surface area contributed by atoms with Crippen LogP contribution >= 0.6 is 0 Å². The molecule has 0 aliphatic heterocycles. The Morgan fingerprint density at radius 3 is 2.35 bits per heavy atom. The molecule has 0 unspecified atom stereocenters. The first kappa shape index (κ1) is 14.7. The summed E-state index contributed by atoms with van der Waals surface area (Å²) in [4.78, 5) is 0. The normalized spacial score (nSPS) is 17.8. The van der Waals surface area contributed by atoms with E-state index in [1.54, 1.807) is 0 Å². The molecule has 1 N–H and O–H groups in total. The molecule has 1 fully saturated rings. The summed E-state index contributed by atoms with van der Waals surface area (Å²) in [5, 5.41) is 2.98. The number of halogens is 3. The van der Waals surface area contributed by atoms with Gasteiger partial charge in [-0.3, -0.25) is 0 Å². The van der Waals surface area contributed by atoms with Gasteiger partial charge in [0.25, 0.3) is 0 Å². The number of ether oxygens (including phenoxy) is 2. The predicted molar refractivity (Wildman–Crippen MR) is 58.0 cm³/mol. The van der Waals surface area contributed by atoms with E-state index in [0.717, 1.165) is 12.8 Å². The van der Waals surface area contributed by atoms with Crippen LogP contribution in [0.2, 0.25) is 0 Å². The molecule has 0 aromatic carbocycles. The first-order chi connectivity index (χ1) is 8.08. The van der Waals surface area contributed by atoms with Gasteiger partial charge in [-0.25, -0.2) is 0 Å². The molecule has 102 valence electrons. The quantitative estimate of drug-likeness (QED) is 0.674. The fraction of sp³-hybridized carbons (Fsp3) is 1.00. The standard InChI is InChI=1S/C11H20F3NO2/c12-11(13,14)9-16-7-5-15-6-8-17-10-3-1-2-4-10/h10,15H,1-9H2. The van der Waals surface area contributed by atoms with Crippen LogP contribution in [0.1, 0.15) is 25.7 Å². The molecule has 0 atom stereocenters. The average Bonchev–Trinajstić information content (AvgIpc) is 2.73. The summed E-state index contributed by atoms with van der Waals surface area (Å²) in [6.07, 6.45) is 0.903. The van der Waals surface area contributed by atoms with Crippen LogP contribution in [0.15, 0.2) is 0 Å². The molecule has 0 bridgehead atoms. The van der Waals surface area contributed by atoms with Gasteiger partial charge in [0.05, 0.1) is 19.3 Å². The number of nitrogens with one attached hydrogen (secondary N) is 1. The molecule has 0 spiro atoms. The lowest BCUT2D eigenvalue weighted by Crippen LogP contribution is -2.27. The van der Waals surface area contributed by atoms with E-state index in [4.69, 9.17) is 4.74 Å². The first-order valence-electron chi connectivity index (χ1n) is 6.05. The van der Waals surface area contributed by atoms with E-state index in [0.29, 0.717) is 25.8 Å². The summed E-state index contributed by atoms with van der Waals surface area (Å²) >= 11 is 0. The van der Waals surface area contributed by atoms with Gasteiger partial charge in [-0.05, 0) is 12.8 Å². The van der Waals surface area contributed by atoms with Crippen molar-refractivity contribution in [2.24, 2.45) is 0 Å². The minimum Gasteiger partial charge on any atom is -0.377 e. The molecule has 0 amide bonds. The van der Waals surface area contributed by atoms with E-state index in [1.807, 2.05) is 0 Å². The van der Waals surface area contributed by atoms with Crippen molar-refractivity contribution in [1.82, 2.24) is 5.32 Å². The highest BCUT2D eigenvalue weighted by atomic mass is 19.4. The first-order valence-corrected chi connectivity index (χ1v) is 6.05. The van der Waals surface area contributed by atoms with E-state index < -0.39 is 12.8 Å². The monoisotopic (exact) mass is 255 g/mol. The molecular weight excluding hydrogens is 235 g/mol. The fourth-order valence-corrected chi connectivity index (χ4v) is 1.81. The van der Waals surface area contributed by atoms with Gasteiger partial charge in [-0.1, -0.05) is 12.8 Å². The van der Waals surface area contributed by atoms with Crippen molar-refractivity contribution in [3.63, 3.8) is 0 Å². The van der Waals surface area contributed by atoms with E-state index >= 15 is 0 Å². The molecule has 0 aromatic rings. The molecule has 0 radical (unpaired) electrons. The van der Waals surface area contributed by atoms with E-state index in [9.17, 15) is 13.2 Å². The Bertz CT molecular complexity index is 194. The molecule has 3 nitrogen and oxygen atoms in total. The molecule has 6 heteroatoms. The Balaban J connectivity index is 1.78. The third-order valence-corrected chi connectivity index (χ3v) is 2.62. The van der Waals surface area contributed by atoms with Crippen LogP contribution in [0.4, 0.5) is 13.2 Å². The van der Waals surface area contributed by atoms with Crippen molar-refractivity contribution in [3.8, 4) is 0 Å². The van der Waals surface area contributed by atoms with Gasteiger partial charge in [0, 0.05) is 13.1 Å². The Morgan fingerprint density at radius 1 is 1.06 bits per heavy atom. The summed E-state index contributed by atoms with van der Waals surface area (Å²) in [6.45, 7) is 0.593. The van der Waals surface area contributed by atoms with Crippen molar-refractivity contribution in [1.29, 1.82) is 0 Å². The fourth-order valence-electron chi connectivity index (χ4n) is 1.81. The molecule has 1 aliphatic carbocycles. The summed E-state index contributed by atoms with van der Waals surface area (Å²) in [7, 11) is 0. The minimum absolute atomic E-state index is 0.0724. The summed E-state index contributed by atoms with van der Waals surface area (Å²) in [6, 6.07) is 0. The van der Waals surface area contributed by atoms with Crippen LogP contribution in [-0.4, -0.2) is 45.2 Å². The molecule has 1 aliphatic rings. The SMILES string of the molecule is FC(F)(F)COCCNCCOC1CCCC1. The van der Waals surface area contributed by atoms with Crippen LogP contribution in [0.5, 0.6) is 0 Å². The highest BCUT2D eigenvalue weighted by Gasteiger charge is 2.27. The zero-order valence-electron chi connectivity index (χ0n) is 9.89. The van der Waals surface area contributed by atoms with Gasteiger partial charge in [-0.2, -0.15) is 13.2 Å². The lowest BCUT2D eigenvalue weighted by atomic mass is 10.3. The van der Waals surface area contributed by atoms with Crippen LogP contribution in [0.25, 0.3) is 0 Å². The second-order valence-electron chi connectivity index (χ2n) is 4.20. The predicted octanol–water partition coefficient (Wildman–Crippen LogP) is 2.11. The van der Waals surface area contributed by atoms with Crippen molar-refractivity contribution in [3.05, 3.63) is 0 Å². The van der Waals surface area contributed by atoms with Gasteiger partial charge >= 0.3 is 6.18 Å². The van der Waals surface area contributed by atoms with E-state index in [1.165, 1.54) is 12.8 Å². The summed E-state index contributed by atoms with van der Waals surface area (Å²) in [5.41, 5.74) is 0. The van der Waals surface area contributed by atoms with Crippen LogP contribution in [0.3, 0.4) is 0 Å². The van der Waals surface area contributed by atoms with E-state index in [-0.39, 0.29) is 6.61 Å². The molecule has 1 rings (SSSR count). The molecule has 0 aromatic heterocycles. The van der Waals surface area contributed by atoms with Crippen LogP contribution < -0.4 is 5.32 Å². The summed E-state index contributed by atoms with van der Waals surface area (Å²) in [5.74, 6) is 0. The molecule has 1 saturated carbocycles. The number of hydrogen-bond donors (Lipinski definition) is 1. The second-order valence-corrected chi connectivity index (χ2v) is 4.20. The molecule has 0 saturated heterocycles. The zero-order valence-corrected chi connectivity index (χ0v) is 9.89. The van der Waals surface area contributed by atoms with Gasteiger partial charge in [0.15, 0.2) is 0 Å². The van der Waals surface area contributed by atoms with E-state index in [2.05, 4.69) is 10.1 Å². The molecule has 0 heterocycles. The lowest BCUT2D eigenvalue weighted by Gasteiger charge is -2.11.